The lowest BCUT2D eigenvalue weighted by atomic mass is 10.0. The third kappa shape index (κ3) is 4.90. The maximum absolute atomic E-state index is 12.0. The van der Waals surface area contributed by atoms with Gasteiger partial charge in [-0.15, -0.1) is 0 Å². The Morgan fingerprint density at radius 1 is 1.11 bits per heavy atom. The van der Waals surface area contributed by atoms with Crippen molar-refractivity contribution in [3.63, 3.8) is 0 Å². The number of carbonyl (C=O) groups excluding carboxylic acids is 1. The monoisotopic (exact) mass is 531 g/mol. The van der Waals surface area contributed by atoms with E-state index in [1.54, 1.807) is 13.3 Å². The molecule has 4 aromatic rings. The van der Waals surface area contributed by atoms with E-state index in [1.807, 2.05) is 79.9 Å². The zero-order valence-corrected chi connectivity index (χ0v) is 22.0. The van der Waals surface area contributed by atoms with Crippen LogP contribution in [0.4, 0.5) is 11.4 Å². The fourth-order valence-electron chi connectivity index (χ4n) is 4.60. The first-order valence-electron chi connectivity index (χ1n) is 11.9. The lowest BCUT2D eigenvalue weighted by Gasteiger charge is -2.29. The molecular formula is C28H26ClN5O2S. The number of halogens is 1. The van der Waals surface area contributed by atoms with Crippen LogP contribution in [0, 0.1) is 0 Å². The molecule has 1 amide bonds. The number of carbonyl (C=O) groups is 1. The molecule has 0 saturated carbocycles. The summed E-state index contributed by atoms with van der Waals surface area (Å²) in [7, 11) is 1.58. The van der Waals surface area contributed by atoms with Crippen molar-refractivity contribution in [2.24, 2.45) is 0 Å². The summed E-state index contributed by atoms with van der Waals surface area (Å²) < 4.78 is 7.75. The van der Waals surface area contributed by atoms with Gasteiger partial charge in [0, 0.05) is 47.0 Å². The van der Waals surface area contributed by atoms with E-state index in [0.717, 1.165) is 22.8 Å². The topological polar surface area (TPSA) is 71.4 Å². The van der Waals surface area contributed by atoms with Crippen LogP contribution in [0.2, 0.25) is 5.02 Å². The molecule has 188 valence electrons. The van der Waals surface area contributed by atoms with Crippen LogP contribution in [0.3, 0.4) is 0 Å². The Morgan fingerprint density at radius 3 is 2.70 bits per heavy atom. The number of aromatic nitrogens is 2. The predicted molar refractivity (Wildman–Crippen MR) is 151 cm³/mol. The van der Waals surface area contributed by atoms with Crippen molar-refractivity contribution in [3.8, 4) is 11.4 Å². The van der Waals surface area contributed by atoms with E-state index < -0.39 is 0 Å². The van der Waals surface area contributed by atoms with Crippen LogP contribution in [0.5, 0.6) is 5.75 Å². The number of pyridine rings is 1. The van der Waals surface area contributed by atoms with Crippen LogP contribution in [0.15, 0.2) is 85.2 Å². The van der Waals surface area contributed by atoms with Gasteiger partial charge < -0.3 is 24.8 Å². The quantitative estimate of drug-likeness (QED) is 0.282. The van der Waals surface area contributed by atoms with Gasteiger partial charge in [-0.2, -0.15) is 0 Å². The molecule has 2 N–H and O–H groups in total. The summed E-state index contributed by atoms with van der Waals surface area (Å²) in [4.78, 5) is 18.7. The highest BCUT2D eigenvalue weighted by Gasteiger charge is 2.42. The van der Waals surface area contributed by atoms with Crippen molar-refractivity contribution >= 4 is 46.2 Å². The molecule has 3 heterocycles. The van der Waals surface area contributed by atoms with Crippen LogP contribution < -0.4 is 20.3 Å². The Morgan fingerprint density at radius 2 is 1.97 bits per heavy atom. The van der Waals surface area contributed by atoms with Crippen molar-refractivity contribution in [3.05, 3.63) is 102 Å². The smallest absolute Gasteiger partial charge is 0.224 e. The number of nitrogens with one attached hydrogen (secondary N) is 2. The number of amides is 1. The lowest BCUT2D eigenvalue weighted by molar-refractivity contribution is -0.115. The third-order valence-corrected chi connectivity index (χ3v) is 6.88. The fourth-order valence-corrected chi connectivity index (χ4v) is 5.13. The van der Waals surface area contributed by atoms with Crippen molar-refractivity contribution in [1.29, 1.82) is 0 Å². The standard InChI is InChI=1S/C28H26ClN5O2S/c1-3-25(35)31-21-13-12-20(17-24(21)36-2)34-27(26(32-28(34)37)22-10-4-5-14-30-22)23-11-7-15-33(23)19-9-6-8-18(29)16-19/h4-17,26-27H,3H2,1-2H3,(H,31,35)(H,32,37)/t26-,27+/m0/s1. The molecule has 0 unspecified atom stereocenters. The number of rotatable bonds is 7. The first kappa shape index (κ1) is 24.8. The number of hydrogen-bond acceptors (Lipinski definition) is 4. The second-order valence-electron chi connectivity index (χ2n) is 8.57. The van der Waals surface area contributed by atoms with E-state index in [1.165, 1.54) is 0 Å². The lowest BCUT2D eigenvalue weighted by Crippen LogP contribution is -2.30. The number of methoxy groups -OCH3 is 1. The van der Waals surface area contributed by atoms with Crippen LogP contribution in [-0.4, -0.2) is 27.7 Å². The Labute approximate surface area is 226 Å². The molecule has 7 nitrogen and oxygen atoms in total. The largest absolute Gasteiger partial charge is 0.494 e. The van der Waals surface area contributed by atoms with Crippen LogP contribution in [0.1, 0.15) is 36.8 Å². The summed E-state index contributed by atoms with van der Waals surface area (Å²) >= 11 is 12.2. The van der Waals surface area contributed by atoms with Crippen LogP contribution >= 0.6 is 23.8 Å². The first-order valence-corrected chi connectivity index (χ1v) is 12.7. The highest BCUT2D eigenvalue weighted by Crippen LogP contribution is 2.44. The summed E-state index contributed by atoms with van der Waals surface area (Å²) in [6.07, 6.45) is 4.17. The maximum Gasteiger partial charge on any atom is 0.224 e. The van der Waals surface area contributed by atoms with Gasteiger partial charge >= 0.3 is 0 Å². The van der Waals surface area contributed by atoms with Crippen molar-refractivity contribution < 1.29 is 9.53 Å². The zero-order chi connectivity index (χ0) is 25.9. The molecule has 1 saturated heterocycles. The minimum atomic E-state index is -0.239. The van der Waals surface area contributed by atoms with Crippen LogP contribution in [-0.2, 0) is 4.79 Å². The molecule has 37 heavy (non-hydrogen) atoms. The fraction of sp³-hybridized carbons (Fsp3) is 0.179. The summed E-state index contributed by atoms with van der Waals surface area (Å²) in [5.74, 6) is 0.462. The van der Waals surface area contributed by atoms with Crippen LogP contribution in [0.25, 0.3) is 5.69 Å². The van der Waals surface area contributed by atoms with E-state index in [2.05, 4.69) is 31.2 Å². The van der Waals surface area contributed by atoms with Crippen molar-refractivity contribution in [1.82, 2.24) is 14.9 Å². The average molecular weight is 532 g/mol. The SMILES string of the molecule is CCC(=O)Nc1ccc(N2C(=S)N[C@@H](c3ccccn3)[C@H]2c2cccn2-c2cccc(Cl)c2)cc1OC. The van der Waals surface area contributed by atoms with E-state index in [4.69, 9.17) is 28.6 Å². The number of benzene rings is 2. The molecule has 2 aromatic heterocycles. The summed E-state index contributed by atoms with van der Waals surface area (Å²) in [5, 5.41) is 7.60. The molecule has 9 heteroatoms. The molecule has 1 aliphatic rings. The molecule has 0 spiro atoms. The summed E-state index contributed by atoms with van der Waals surface area (Å²) in [5.41, 5.74) is 4.25. The van der Waals surface area contributed by atoms with Gasteiger partial charge in [0.2, 0.25) is 5.91 Å². The van der Waals surface area contributed by atoms with Gasteiger partial charge in [0.25, 0.3) is 0 Å². The van der Waals surface area contributed by atoms with E-state index in [9.17, 15) is 4.79 Å². The Balaban J connectivity index is 1.63. The molecule has 0 bridgehead atoms. The van der Waals surface area contributed by atoms with E-state index in [-0.39, 0.29) is 18.0 Å². The van der Waals surface area contributed by atoms with E-state index in [0.29, 0.717) is 28.0 Å². The number of ether oxygens (including phenoxy) is 1. The molecular weight excluding hydrogens is 506 g/mol. The predicted octanol–water partition coefficient (Wildman–Crippen LogP) is 6.06. The van der Waals surface area contributed by atoms with Gasteiger partial charge in [-0.1, -0.05) is 30.7 Å². The highest BCUT2D eigenvalue weighted by molar-refractivity contribution is 7.80. The van der Waals surface area contributed by atoms with E-state index >= 15 is 0 Å². The zero-order valence-electron chi connectivity index (χ0n) is 20.4. The Kier molecular flexibility index (Phi) is 7.12. The summed E-state index contributed by atoms with van der Waals surface area (Å²) in [6.45, 7) is 1.81. The third-order valence-electron chi connectivity index (χ3n) is 6.33. The van der Waals surface area contributed by atoms with Gasteiger partial charge in [-0.25, -0.2) is 0 Å². The average Bonchev–Trinajstić information content (AvgIpc) is 3.53. The normalized spacial score (nSPS) is 16.9. The van der Waals surface area contributed by atoms with Gasteiger partial charge in [0.05, 0.1) is 24.5 Å². The molecule has 2 atom stereocenters. The van der Waals surface area contributed by atoms with Gasteiger partial charge in [0.15, 0.2) is 5.11 Å². The molecule has 5 rings (SSSR count). The van der Waals surface area contributed by atoms with Gasteiger partial charge in [0.1, 0.15) is 11.8 Å². The second kappa shape index (κ2) is 10.6. The van der Waals surface area contributed by atoms with Crippen molar-refractivity contribution in [2.45, 2.75) is 25.4 Å². The number of anilines is 2. The van der Waals surface area contributed by atoms with Crippen molar-refractivity contribution in [2.75, 3.05) is 17.3 Å². The minimum Gasteiger partial charge on any atom is -0.494 e. The number of hydrogen-bond donors (Lipinski definition) is 2. The molecule has 0 aliphatic carbocycles. The number of thiocarbonyl (C=S) groups is 1. The maximum atomic E-state index is 12.0. The van der Waals surface area contributed by atoms with Gasteiger partial charge in [-0.05, 0) is 66.8 Å². The molecule has 1 fully saturated rings. The summed E-state index contributed by atoms with van der Waals surface area (Å²) in [6, 6.07) is 22.9. The molecule has 1 aliphatic heterocycles. The minimum absolute atomic E-state index is 0.0862. The number of nitrogens with zero attached hydrogens (tertiary/aromatic N) is 3. The molecule has 0 radical (unpaired) electrons. The highest BCUT2D eigenvalue weighted by atomic mass is 35.5. The Bertz CT molecular complexity index is 1440. The first-order chi connectivity index (χ1) is 18.0. The Hall–Kier alpha value is -3.88. The molecule has 2 aromatic carbocycles. The second-order valence-corrected chi connectivity index (χ2v) is 9.39. The van der Waals surface area contributed by atoms with Gasteiger partial charge in [-0.3, -0.25) is 9.78 Å².